The van der Waals surface area contributed by atoms with E-state index in [0.29, 0.717) is 5.56 Å². The number of carbonyl (C=O) groups excluding carboxylic acids is 2. The van der Waals surface area contributed by atoms with E-state index in [1.165, 1.54) is 24.3 Å². The lowest BCUT2D eigenvalue weighted by atomic mass is 10.1. The van der Waals surface area contributed by atoms with Gasteiger partial charge in [0.1, 0.15) is 6.04 Å². The predicted octanol–water partition coefficient (Wildman–Crippen LogP) is 0.564. The Labute approximate surface area is 167 Å². The van der Waals surface area contributed by atoms with Crippen LogP contribution in [-0.2, 0) is 30.8 Å². The molecule has 0 heterocycles. The molecule has 0 saturated heterocycles. The number of esters is 1. The molecule has 0 aliphatic heterocycles. The SMILES string of the molecule is COC(=O)c1ccccc1S(=O)(=O)NCC(=O)N[C@@H](Cc1ccccc1)C(=O)O. The topological polar surface area (TPSA) is 139 Å². The third-order valence-electron chi connectivity index (χ3n) is 3.92. The minimum absolute atomic E-state index is 0.0415. The van der Waals surface area contributed by atoms with Gasteiger partial charge in [0, 0.05) is 6.42 Å². The maximum Gasteiger partial charge on any atom is 0.339 e. The highest BCUT2D eigenvalue weighted by molar-refractivity contribution is 7.89. The fourth-order valence-electron chi connectivity index (χ4n) is 2.51. The molecule has 9 nitrogen and oxygen atoms in total. The van der Waals surface area contributed by atoms with E-state index in [1.807, 2.05) is 0 Å². The standard InChI is InChI=1S/C19H20N2O7S/c1-28-19(25)14-9-5-6-10-16(14)29(26,27)20-12-17(22)21-15(18(23)24)11-13-7-3-2-4-8-13/h2-10,15,20H,11-12H2,1H3,(H,21,22)(H,23,24)/t15-/m0/s1. The summed E-state index contributed by atoms with van der Waals surface area (Å²) in [6.07, 6.45) is 0.0415. The zero-order valence-corrected chi connectivity index (χ0v) is 16.3. The Bertz CT molecular complexity index is 991. The minimum Gasteiger partial charge on any atom is -0.480 e. The van der Waals surface area contributed by atoms with E-state index in [0.717, 1.165) is 7.11 Å². The number of carbonyl (C=O) groups is 3. The van der Waals surface area contributed by atoms with E-state index in [4.69, 9.17) is 0 Å². The van der Waals surface area contributed by atoms with Crippen molar-refractivity contribution < 1.29 is 32.6 Å². The van der Waals surface area contributed by atoms with E-state index >= 15 is 0 Å². The summed E-state index contributed by atoms with van der Waals surface area (Å²) in [5, 5.41) is 11.6. The zero-order valence-electron chi connectivity index (χ0n) is 15.5. The second-order valence-corrected chi connectivity index (χ2v) is 7.70. The first-order chi connectivity index (χ1) is 13.7. The Morgan fingerprint density at radius 3 is 2.28 bits per heavy atom. The van der Waals surface area contributed by atoms with Crippen LogP contribution < -0.4 is 10.0 Å². The van der Waals surface area contributed by atoms with Crippen molar-refractivity contribution in [1.82, 2.24) is 10.0 Å². The van der Waals surface area contributed by atoms with Gasteiger partial charge in [0.25, 0.3) is 0 Å². The average molecular weight is 420 g/mol. The van der Waals surface area contributed by atoms with E-state index in [9.17, 15) is 27.9 Å². The summed E-state index contributed by atoms with van der Waals surface area (Å²) < 4.78 is 31.6. The van der Waals surface area contributed by atoms with Crippen molar-refractivity contribution in [3.63, 3.8) is 0 Å². The highest BCUT2D eigenvalue weighted by Gasteiger charge is 2.25. The van der Waals surface area contributed by atoms with Crippen molar-refractivity contribution in [2.75, 3.05) is 13.7 Å². The first-order valence-electron chi connectivity index (χ1n) is 8.47. The fraction of sp³-hybridized carbons (Fsp3) is 0.211. The maximum absolute atomic E-state index is 12.5. The van der Waals surface area contributed by atoms with Gasteiger partial charge in [0.05, 0.1) is 24.1 Å². The molecular formula is C19H20N2O7S. The molecule has 1 amide bonds. The van der Waals surface area contributed by atoms with E-state index in [2.05, 4.69) is 14.8 Å². The molecule has 0 aliphatic carbocycles. The van der Waals surface area contributed by atoms with Gasteiger partial charge >= 0.3 is 11.9 Å². The monoisotopic (exact) mass is 420 g/mol. The molecular weight excluding hydrogens is 400 g/mol. The molecule has 3 N–H and O–H groups in total. The van der Waals surface area contributed by atoms with Crippen LogP contribution in [0.2, 0.25) is 0 Å². The lowest BCUT2D eigenvalue weighted by Gasteiger charge is -2.15. The number of rotatable bonds is 9. The fourth-order valence-corrected chi connectivity index (χ4v) is 3.69. The Morgan fingerprint density at radius 1 is 1.03 bits per heavy atom. The van der Waals surface area contributed by atoms with Crippen molar-refractivity contribution in [2.24, 2.45) is 0 Å². The second-order valence-electron chi connectivity index (χ2n) is 5.96. The van der Waals surface area contributed by atoms with Crippen molar-refractivity contribution >= 4 is 27.9 Å². The number of hydrogen-bond acceptors (Lipinski definition) is 6. The number of benzene rings is 2. The van der Waals surface area contributed by atoms with Gasteiger partial charge in [0.2, 0.25) is 15.9 Å². The number of carboxylic acid groups (broad SMARTS) is 1. The Morgan fingerprint density at radius 2 is 1.66 bits per heavy atom. The number of aliphatic carboxylic acids is 1. The van der Waals surface area contributed by atoms with Gasteiger partial charge < -0.3 is 15.2 Å². The van der Waals surface area contributed by atoms with Crippen molar-refractivity contribution in [3.8, 4) is 0 Å². The van der Waals surface area contributed by atoms with Crippen LogP contribution in [0.1, 0.15) is 15.9 Å². The highest BCUT2D eigenvalue weighted by Crippen LogP contribution is 2.16. The summed E-state index contributed by atoms with van der Waals surface area (Å²) in [5.74, 6) is -2.92. The predicted molar refractivity (Wildman–Crippen MR) is 103 cm³/mol. The molecule has 2 aromatic carbocycles. The largest absolute Gasteiger partial charge is 0.480 e. The van der Waals surface area contributed by atoms with Crippen LogP contribution in [0.15, 0.2) is 59.5 Å². The molecule has 29 heavy (non-hydrogen) atoms. The number of ether oxygens (including phenoxy) is 1. The quantitative estimate of drug-likeness (QED) is 0.504. The van der Waals surface area contributed by atoms with Crippen LogP contribution in [0.4, 0.5) is 0 Å². The molecule has 0 saturated carbocycles. The first kappa shape index (κ1) is 22.1. The van der Waals surface area contributed by atoms with Crippen molar-refractivity contribution in [1.29, 1.82) is 0 Å². The first-order valence-corrected chi connectivity index (χ1v) is 9.96. The molecule has 0 unspecified atom stereocenters. The molecule has 10 heteroatoms. The maximum atomic E-state index is 12.5. The molecule has 1 atom stereocenters. The van der Waals surface area contributed by atoms with Crippen LogP contribution in [-0.4, -0.2) is 51.1 Å². The van der Waals surface area contributed by atoms with E-state index in [1.54, 1.807) is 30.3 Å². The number of hydrogen-bond donors (Lipinski definition) is 3. The average Bonchev–Trinajstić information content (AvgIpc) is 2.72. The number of methoxy groups -OCH3 is 1. The minimum atomic E-state index is -4.22. The van der Waals surface area contributed by atoms with Crippen LogP contribution in [0.5, 0.6) is 0 Å². The highest BCUT2D eigenvalue weighted by atomic mass is 32.2. The molecule has 0 aromatic heterocycles. The van der Waals surface area contributed by atoms with Crippen LogP contribution in [0.25, 0.3) is 0 Å². The number of sulfonamides is 1. The van der Waals surface area contributed by atoms with Crippen molar-refractivity contribution in [3.05, 3.63) is 65.7 Å². The van der Waals surface area contributed by atoms with Crippen molar-refractivity contribution in [2.45, 2.75) is 17.4 Å². The molecule has 2 aromatic rings. The molecule has 0 radical (unpaired) electrons. The summed E-state index contributed by atoms with van der Waals surface area (Å²) in [5.41, 5.74) is 0.517. The lowest BCUT2D eigenvalue weighted by Crippen LogP contribution is -2.46. The summed E-state index contributed by atoms with van der Waals surface area (Å²) in [6.45, 7) is -0.698. The number of nitrogens with one attached hydrogen (secondary N) is 2. The number of amides is 1. The normalized spacial score (nSPS) is 12.0. The van der Waals surface area contributed by atoms with Gasteiger partial charge in [-0.1, -0.05) is 42.5 Å². The third kappa shape index (κ3) is 6.13. The molecule has 0 spiro atoms. The zero-order chi connectivity index (χ0) is 21.4. The summed E-state index contributed by atoms with van der Waals surface area (Å²) in [6, 6.07) is 12.8. The summed E-state index contributed by atoms with van der Waals surface area (Å²) >= 11 is 0. The molecule has 0 bridgehead atoms. The summed E-state index contributed by atoms with van der Waals surface area (Å²) in [7, 11) is -3.10. The van der Waals surface area contributed by atoms with E-state index in [-0.39, 0.29) is 16.9 Å². The van der Waals surface area contributed by atoms with Gasteiger partial charge in [-0.25, -0.2) is 22.7 Å². The van der Waals surface area contributed by atoms with Crippen LogP contribution in [0.3, 0.4) is 0 Å². The Kier molecular flexibility index (Phi) is 7.46. The van der Waals surface area contributed by atoms with Gasteiger partial charge in [-0.05, 0) is 17.7 Å². The van der Waals surface area contributed by atoms with Gasteiger partial charge in [-0.2, -0.15) is 0 Å². The Balaban J connectivity index is 2.05. The molecule has 0 aliphatic rings. The molecule has 2 rings (SSSR count). The second kappa shape index (κ2) is 9.80. The Hall–Kier alpha value is -3.24. The van der Waals surface area contributed by atoms with Gasteiger partial charge in [0.15, 0.2) is 0 Å². The third-order valence-corrected chi connectivity index (χ3v) is 5.38. The van der Waals surface area contributed by atoms with Gasteiger partial charge in [-0.15, -0.1) is 0 Å². The van der Waals surface area contributed by atoms with Gasteiger partial charge in [-0.3, -0.25) is 4.79 Å². The van der Waals surface area contributed by atoms with Crippen LogP contribution in [0, 0.1) is 0 Å². The lowest BCUT2D eigenvalue weighted by molar-refractivity contribution is -0.141. The molecule has 0 fully saturated rings. The molecule has 154 valence electrons. The smallest absolute Gasteiger partial charge is 0.339 e. The number of carboxylic acids is 1. The summed E-state index contributed by atoms with van der Waals surface area (Å²) in [4.78, 5) is 34.9. The van der Waals surface area contributed by atoms with E-state index < -0.39 is 40.5 Å². The van der Waals surface area contributed by atoms with Crippen LogP contribution >= 0.6 is 0 Å².